The van der Waals surface area contributed by atoms with E-state index in [0.717, 1.165) is 54.0 Å². The number of carbonyl (C=O) groups is 2. The van der Waals surface area contributed by atoms with Gasteiger partial charge in [0.1, 0.15) is 0 Å². The van der Waals surface area contributed by atoms with Crippen LogP contribution >= 0.6 is 11.6 Å². The van der Waals surface area contributed by atoms with E-state index in [1.54, 1.807) is 0 Å². The molecule has 0 radical (unpaired) electrons. The molecule has 1 N–H and O–H groups in total. The van der Waals surface area contributed by atoms with Crippen LogP contribution in [0.1, 0.15) is 47.3 Å². The molecule has 6 nitrogen and oxygen atoms in total. The van der Waals surface area contributed by atoms with Crippen LogP contribution in [0, 0.1) is 0 Å². The highest BCUT2D eigenvalue weighted by atomic mass is 35.5. The maximum atomic E-state index is 13.6. The minimum absolute atomic E-state index is 0.0388. The second-order valence-electron chi connectivity index (χ2n) is 10.2. The van der Waals surface area contributed by atoms with Gasteiger partial charge in [-0.2, -0.15) is 0 Å². The SMILES string of the molecule is Cn1ccc(C(=O)N2CCC(N3CCCC3)CC2)c1/C=C1\C(=O)Nc2cccc(-c3ccc(Cl)cc3)c21. The van der Waals surface area contributed by atoms with Crippen molar-refractivity contribution in [3.8, 4) is 11.1 Å². The lowest BCUT2D eigenvalue weighted by atomic mass is 9.94. The molecule has 1 aromatic heterocycles. The second kappa shape index (κ2) is 9.84. The zero-order valence-corrected chi connectivity index (χ0v) is 21.8. The fourth-order valence-electron chi connectivity index (χ4n) is 6.01. The Morgan fingerprint density at radius 1 is 1.00 bits per heavy atom. The first kappa shape index (κ1) is 24.0. The van der Waals surface area contributed by atoms with Crippen molar-refractivity contribution in [3.63, 3.8) is 0 Å². The second-order valence-corrected chi connectivity index (χ2v) is 10.7. The molecule has 0 atom stereocenters. The lowest BCUT2D eigenvalue weighted by molar-refractivity contribution is -0.110. The Balaban J connectivity index is 1.31. The van der Waals surface area contributed by atoms with Crippen LogP contribution in [-0.2, 0) is 11.8 Å². The highest BCUT2D eigenvalue weighted by molar-refractivity contribution is 6.36. The average molecular weight is 515 g/mol. The van der Waals surface area contributed by atoms with Crippen molar-refractivity contribution in [2.75, 3.05) is 31.5 Å². The number of hydrogen-bond acceptors (Lipinski definition) is 3. The topological polar surface area (TPSA) is 57.6 Å². The largest absolute Gasteiger partial charge is 0.350 e. The molecule has 0 aliphatic carbocycles. The first-order valence-corrected chi connectivity index (χ1v) is 13.5. The molecule has 3 aromatic rings. The Morgan fingerprint density at radius 2 is 1.73 bits per heavy atom. The fourth-order valence-corrected chi connectivity index (χ4v) is 6.13. The van der Waals surface area contributed by atoms with Crippen molar-refractivity contribution in [1.82, 2.24) is 14.4 Å². The molecule has 0 spiro atoms. The van der Waals surface area contributed by atoms with Crippen molar-refractivity contribution in [2.24, 2.45) is 7.05 Å². The summed E-state index contributed by atoms with van der Waals surface area (Å²) in [5, 5.41) is 3.67. The Kier molecular flexibility index (Phi) is 6.39. The van der Waals surface area contributed by atoms with Gasteiger partial charge in [-0.05, 0) is 80.2 Å². The number of benzene rings is 2. The number of rotatable bonds is 4. The minimum atomic E-state index is -0.164. The molecule has 2 aromatic carbocycles. The monoisotopic (exact) mass is 514 g/mol. The first-order chi connectivity index (χ1) is 18.0. The van der Waals surface area contributed by atoms with Crippen LogP contribution in [0.15, 0.2) is 54.7 Å². The summed E-state index contributed by atoms with van der Waals surface area (Å²) in [6.45, 7) is 3.93. The smallest absolute Gasteiger partial charge is 0.256 e. The number of amides is 2. The van der Waals surface area contributed by atoms with Gasteiger partial charge in [-0.15, -0.1) is 0 Å². The Labute approximate surface area is 222 Å². The van der Waals surface area contributed by atoms with E-state index >= 15 is 0 Å². The molecule has 7 heteroatoms. The third-order valence-electron chi connectivity index (χ3n) is 8.02. The number of aromatic nitrogens is 1. The molecule has 4 heterocycles. The summed E-state index contributed by atoms with van der Waals surface area (Å²) in [7, 11) is 1.92. The number of fused-ring (bicyclic) bond motifs is 1. The Bertz CT molecular complexity index is 1380. The van der Waals surface area contributed by atoms with Crippen LogP contribution in [0.3, 0.4) is 0 Å². The quantitative estimate of drug-likeness (QED) is 0.465. The van der Waals surface area contributed by atoms with E-state index in [0.29, 0.717) is 22.2 Å². The molecule has 2 fully saturated rings. The first-order valence-electron chi connectivity index (χ1n) is 13.1. The van der Waals surface area contributed by atoms with Crippen molar-refractivity contribution >= 4 is 40.8 Å². The number of aryl methyl sites for hydroxylation is 1. The van der Waals surface area contributed by atoms with E-state index < -0.39 is 0 Å². The summed E-state index contributed by atoms with van der Waals surface area (Å²) in [6.07, 6.45) is 8.39. The third-order valence-corrected chi connectivity index (χ3v) is 8.27. The minimum Gasteiger partial charge on any atom is -0.350 e. The molecule has 6 rings (SSSR count). The van der Waals surface area contributed by atoms with E-state index in [4.69, 9.17) is 11.6 Å². The van der Waals surface area contributed by atoms with Crippen LogP contribution in [0.2, 0.25) is 5.02 Å². The molecule has 2 saturated heterocycles. The normalized spacial score (nSPS) is 19.5. The molecule has 3 aliphatic rings. The number of nitrogens with one attached hydrogen (secondary N) is 1. The summed E-state index contributed by atoms with van der Waals surface area (Å²) in [5.41, 5.74) is 5.49. The zero-order valence-electron chi connectivity index (χ0n) is 21.0. The predicted molar refractivity (Wildman–Crippen MR) is 149 cm³/mol. The van der Waals surface area contributed by atoms with E-state index in [1.165, 1.54) is 25.9 Å². The number of anilines is 1. The number of carbonyl (C=O) groups excluding carboxylic acids is 2. The average Bonchev–Trinajstić information content (AvgIpc) is 3.65. The van der Waals surface area contributed by atoms with Crippen LogP contribution in [-0.4, -0.2) is 58.4 Å². The number of nitrogens with zero attached hydrogens (tertiary/aromatic N) is 3. The molecule has 190 valence electrons. The van der Waals surface area contributed by atoms with E-state index in [-0.39, 0.29) is 11.8 Å². The van der Waals surface area contributed by atoms with E-state index in [2.05, 4.69) is 10.2 Å². The summed E-state index contributed by atoms with van der Waals surface area (Å²) >= 11 is 6.11. The van der Waals surface area contributed by atoms with E-state index in [1.807, 2.05) is 77.3 Å². The van der Waals surface area contributed by atoms with Crippen molar-refractivity contribution < 1.29 is 9.59 Å². The summed E-state index contributed by atoms with van der Waals surface area (Å²) in [6, 6.07) is 16.0. The van der Waals surface area contributed by atoms with Gasteiger partial charge >= 0.3 is 0 Å². The fraction of sp³-hybridized carbons (Fsp3) is 0.333. The molecule has 37 heavy (non-hydrogen) atoms. The number of hydrogen-bond donors (Lipinski definition) is 1. The van der Waals surface area contributed by atoms with Crippen molar-refractivity contribution in [1.29, 1.82) is 0 Å². The van der Waals surface area contributed by atoms with Gasteiger partial charge in [-0.1, -0.05) is 35.9 Å². The number of piperidine rings is 1. The molecule has 0 bridgehead atoms. The number of halogens is 1. The maximum absolute atomic E-state index is 13.6. The third kappa shape index (κ3) is 4.49. The van der Waals surface area contributed by atoms with Gasteiger partial charge < -0.3 is 19.7 Å². The standard InChI is InChI=1S/C30H31ClN4O2/c1-33-16-13-24(30(37)35-17-11-22(12-18-35)34-14-2-3-15-34)27(33)19-25-28-23(20-7-9-21(31)10-8-20)5-4-6-26(28)32-29(25)36/h4-10,13,16,19,22H,2-3,11-12,14-15,17-18H2,1H3,(H,32,36)/b25-19-. The highest BCUT2D eigenvalue weighted by Gasteiger charge is 2.31. The van der Waals surface area contributed by atoms with Gasteiger partial charge in [-0.3, -0.25) is 9.59 Å². The van der Waals surface area contributed by atoms with Gasteiger partial charge in [0.05, 0.1) is 16.8 Å². The highest BCUT2D eigenvalue weighted by Crippen LogP contribution is 2.41. The van der Waals surface area contributed by atoms with Gasteiger partial charge in [0.2, 0.25) is 0 Å². The lowest BCUT2D eigenvalue weighted by Gasteiger charge is -2.36. The summed E-state index contributed by atoms with van der Waals surface area (Å²) in [4.78, 5) is 31.4. The maximum Gasteiger partial charge on any atom is 0.256 e. The number of likely N-dealkylation sites (tertiary alicyclic amines) is 2. The van der Waals surface area contributed by atoms with Crippen molar-refractivity contribution in [3.05, 3.63) is 76.6 Å². The molecular formula is C30H31ClN4O2. The van der Waals surface area contributed by atoms with Crippen LogP contribution in [0.5, 0.6) is 0 Å². The Morgan fingerprint density at radius 3 is 2.46 bits per heavy atom. The van der Waals surface area contributed by atoms with Gasteiger partial charge in [0.25, 0.3) is 11.8 Å². The molecule has 0 saturated carbocycles. The molecule has 3 aliphatic heterocycles. The van der Waals surface area contributed by atoms with Crippen LogP contribution in [0.4, 0.5) is 5.69 Å². The predicted octanol–water partition coefficient (Wildman–Crippen LogP) is 5.54. The summed E-state index contributed by atoms with van der Waals surface area (Å²) < 4.78 is 1.92. The van der Waals surface area contributed by atoms with Gasteiger partial charge in [-0.25, -0.2) is 0 Å². The van der Waals surface area contributed by atoms with Crippen LogP contribution in [0.25, 0.3) is 22.8 Å². The van der Waals surface area contributed by atoms with Gasteiger partial charge in [0, 0.05) is 48.6 Å². The molecule has 2 amide bonds. The van der Waals surface area contributed by atoms with E-state index in [9.17, 15) is 9.59 Å². The Hall–Kier alpha value is -3.35. The van der Waals surface area contributed by atoms with Crippen LogP contribution < -0.4 is 5.32 Å². The summed E-state index contributed by atoms with van der Waals surface area (Å²) in [5.74, 6) is -0.126. The van der Waals surface area contributed by atoms with Gasteiger partial charge in [0.15, 0.2) is 0 Å². The molecular weight excluding hydrogens is 484 g/mol. The zero-order chi connectivity index (χ0) is 25.5. The van der Waals surface area contributed by atoms with Crippen molar-refractivity contribution in [2.45, 2.75) is 31.7 Å². The lowest BCUT2D eigenvalue weighted by Crippen LogP contribution is -2.46. The molecule has 0 unspecified atom stereocenters.